The molecule has 2 bridgehead atoms. The molecule has 0 aliphatic carbocycles. The molecule has 0 unspecified atom stereocenters. The zero-order valence-corrected chi connectivity index (χ0v) is 8.46. The van der Waals surface area contributed by atoms with E-state index < -0.39 is 0 Å². The summed E-state index contributed by atoms with van der Waals surface area (Å²) in [6, 6.07) is 3.69. The van der Waals surface area contributed by atoms with Crippen molar-refractivity contribution in [2.75, 3.05) is 7.11 Å². The third kappa shape index (κ3) is 1.09. The van der Waals surface area contributed by atoms with Crippen LogP contribution in [-0.2, 0) is 4.74 Å². The number of esters is 1. The predicted octanol–water partition coefficient (Wildman–Crippen LogP) is 2.78. The van der Waals surface area contributed by atoms with Crippen LogP contribution < -0.4 is 0 Å². The summed E-state index contributed by atoms with van der Waals surface area (Å²) in [5.74, 6) is -0.0513. The Morgan fingerprint density at radius 1 is 1.36 bits per heavy atom. The number of methoxy groups -OCH3 is 1. The SMILES string of the molecule is COC(=O)c1c(C(C)C)c2ccc1o2. The fourth-order valence-electron chi connectivity index (χ4n) is 1.76. The number of ether oxygens (including phenoxy) is 1. The third-order valence-electron chi connectivity index (χ3n) is 2.35. The second-order valence-electron chi connectivity index (χ2n) is 3.60. The zero-order valence-electron chi connectivity index (χ0n) is 8.46. The Morgan fingerprint density at radius 2 is 2.00 bits per heavy atom. The Bertz CT molecular complexity index is 453. The minimum Gasteiger partial charge on any atom is -0.465 e. The molecule has 0 atom stereocenters. The smallest absolute Gasteiger partial charge is 0.342 e. The molecule has 0 fully saturated rings. The van der Waals surface area contributed by atoms with E-state index in [1.807, 2.05) is 19.9 Å². The molecular formula is C11H12O3. The van der Waals surface area contributed by atoms with E-state index in [4.69, 9.17) is 9.15 Å². The average molecular weight is 192 g/mol. The first-order valence-corrected chi connectivity index (χ1v) is 4.58. The van der Waals surface area contributed by atoms with Crippen LogP contribution in [0.25, 0.3) is 11.2 Å². The number of rotatable bonds is 2. The highest BCUT2D eigenvalue weighted by Gasteiger charge is 2.24. The van der Waals surface area contributed by atoms with E-state index >= 15 is 0 Å². The maximum atomic E-state index is 11.5. The van der Waals surface area contributed by atoms with Gasteiger partial charge in [0.05, 0.1) is 7.11 Å². The number of carbonyl (C=O) groups excluding carboxylic acids is 1. The van der Waals surface area contributed by atoms with Crippen LogP contribution in [-0.4, -0.2) is 13.1 Å². The van der Waals surface area contributed by atoms with Crippen LogP contribution in [0.2, 0.25) is 0 Å². The first kappa shape index (κ1) is 9.06. The first-order valence-electron chi connectivity index (χ1n) is 4.58. The molecular weight excluding hydrogens is 180 g/mol. The summed E-state index contributed by atoms with van der Waals surface area (Å²) >= 11 is 0. The Kier molecular flexibility index (Phi) is 1.95. The minimum atomic E-state index is -0.317. The molecule has 0 saturated carbocycles. The van der Waals surface area contributed by atoms with Crippen LogP contribution in [0.3, 0.4) is 0 Å². The maximum absolute atomic E-state index is 11.5. The highest BCUT2D eigenvalue weighted by Crippen LogP contribution is 2.34. The van der Waals surface area contributed by atoms with Crippen molar-refractivity contribution in [3.8, 4) is 0 Å². The van der Waals surface area contributed by atoms with Gasteiger partial charge in [0, 0.05) is 5.56 Å². The number of fused-ring (bicyclic) bond motifs is 2. The van der Waals surface area contributed by atoms with Gasteiger partial charge >= 0.3 is 5.97 Å². The van der Waals surface area contributed by atoms with Crippen molar-refractivity contribution < 1.29 is 13.9 Å². The van der Waals surface area contributed by atoms with E-state index in [0.29, 0.717) is 11.1 Å². The lowest BCUT2D eigenvalue weighted by Gasteiger charge is -2.06. The quantitative estimate of drug-likeness (QED) is 0.687. The highest BCUT2D eigenvalue weighted by atomic mass is 16.5. The van der Waals surface area contributed by atoms with E-state index in [1.54, 1.807) is 6.07 Å². The number of carbonyl (C=O) groups is 1. The lowest BCUT2D eigenvalue weighted by molar-refractivity contribution is 0.0601. The molecule has 3 nitrogen and oxygen atoms in total. The van der Waals surface area contributed by atoms with Gasteiger partial charge in [0.1, 0.15) is 16.7 Å². The normalized spacial score (nSPS) is 11.4. The van der Waals surface area contributed by atoms with Gasteiger partial charge in [-0.25, -0.2) is 4.79 Å². The standard InChI is InChI=1S/C11H12O3/c1-6(2)9-7-4-5-8(14-7)10(9)11(12)13-3/h4-6H,1-3H3. The van der Waals surface area contributed by atoms with Crippen LogP contribution in [0, 0.1) is 0 Å². The van der Waals surface area contributed by atoms with Gasteiger partial charge in [0.25, 0.3) is 0 Å². The lowest BCUT2D eigenvalue weighted by atomic mass is 9.97. The maximum Gasteiger partial charge on any atom is 0.342 e. The van der Waals surface area contributed by atoms with E-state index in [1.165, 1.54) is 7.11 Å². The van der Waals surface area contributed by atoms with Crippen LogP contribution in [0.4, 0.5) is 0 Å². The van der Waals surface area contributed by atoms with E-state index in [0.717, 1.165) is 11.1 Å². The molecule has 2 aromatic heterocycles. The topological polar surface area (TPSA) is 39.4 Å². The van der Waals surface area contributed by atoms with Gasteiger partial charge in [-0.05, 0) is 18.1 Å². The van der Waals surface area contributed by atoms with Gasteiger partial charge in [-0.3, -0.25) is 0 Å². The van der Waals surface area contributed by atoms with Gasteiger partial charge in [0.15, 0.2) is 0 Å². The van der Waals surface area contributed by atoms with Crippen molar-refractivity contribution in [2.45, 2.75) is 19.8 Å². The van der Waals surface area contributed by atoms with Crippen molar-refractivity contribution in [3.63, 3.8) is 0 Å². The van der Waals surface area contributed by atoms with Crippen molar-refractivity contribution in [3.05, 3.63) is 23.3 Å². The summed E-state index contributed by atoms with van der Waals surface area (Å²) < 4.78 is 10.2. The molecule has 0 aromatic carbocycles. The number of benzene rings is 1. The van der Waals surface area contributed by atoms with E-state index in [9.17, 15) is 4.79 Å². The summed E-state index contributed by atoms with van der Waals surface area (Å²) in [6.07, 6.45) is 0. The predicted molar refractivity (Wildman–Crippen MR) is 52.8 cm³/mol. The minimum absolute atomic E-state index is 0.265. The summed E-state index contributed by atoms with van der Waals surface area (Å²) in [7, 11) is 1.38. The van der Waals surface area contributed by atoms with Crippen LogP contribution in [0.1, 0.15) is 35.7 Å². The summed E-state index contributed by atoms with van der Waals surface area (Å²) in [5.41, 5.74) is 2.94. The molecule has 3 heteroatoms. The number of hydrogen-bond donors (Lipinski definition) is 0. The second-order valence-corrected chi connectivity index (χ2v) is 3.60. The second kappa shape index (κ2) is 3.01. The molecule has 0 spiro atoms. The summed E-state index contributed by atoms with van der Waals surface area (Å²) in [5, 5.41) is 0. The molecule has 0 aliphatic heterocycles. The van der Waals surface area contributed by atoms with Crippen LogP contribution in [0.5, 0.6) is 0 Å². The lowest BCUT2D eigenvalue weighted by Crippen LogP contribution is -2.05. The molecule has 0 saturated heterocycles. The average Bonchev–Trinajstić information content (AvgIpc) is 2.74. The molecule has 2 aromatic rings. The summed E-state index contributed by atoms with van der Waals surface area (Å²) in [6.45, 7) is 4.06. The van der Waals surface area contributed by atoms with Crippen LogP contribution >= 0.6 is 0 Å². The fourth-order valence-corrected chi connectivity index (χ4v) is 1.76. The molecule has 14 heavy (non-hydrogen) atoms. The number of hydrogen-bond acceptors (Lipinski definition) is 3. The van der Waals surface area contributed by atoms with Gasteiger partial charge in [0.2, 0.25) is 0 Å². The molecule has 0 N–H and O–H groups in total. The first-order chi connectivity index (χ1) is 6.65. The van der Waals surface area contributed by atoms with Gasteiger partial charge in [-0.2, -0.15) is 0 Å². The van der Waals surface area contributed by atoms with Gasteiger partial charge in [-0.15, -0.1) is 0 Å². The third-order valence-corrected chi connectivity index (χ3v) is 2.35. The Morgan fingerprint density at radius 3 is 2.57 bits per heavy atom. The van der Waals surface area contributed by atoms with Gasteiger partial charge in [-0.1, -0.05) is 13.8 Å². The molecule has 2 rings (SSSR count). The van der Waals surface area contributed by atoms with Gasteiger partial charge < -0.3 is 9.15 Å². The fraction of sp³-hybridized carbons (Fsp3) is 0.364. The van der Waals surface area contributed by atoms with Crippen molar-refractivity contribution in [1.29, 1.82) is 0 Å². The molecule has 74 valence electrons. The van der Waals surface area contributed by atoms with E-state index in [2.05, 4.69) is 0 Å². The van der Waals surface area contributed by atoms with Crippen molar-refractivity contribution in [2.24, 2.45) is 0 Å². The highest BCUT2D eigenvalue weighted by molar-refractivity contribution is 6.01. The van der Waals surface area contributed by atoms with E-state index in [-0.39, 0.29) is 11.9 Å². The Balaban J connectivity index is 2.63. The Hall–Kier alpha value is -1.51. The largest absolute Gasteiger partial charge is 0.465 e. The van der Waals surface area contributed by atoms with Crippen LogP contribution in [0.15, 0.2) is 16.5 Å². The molecule has 0 radical (unpaired) electrons. The monoisotopic (exact) mass is 192 g/mol. The number of furan rings is 2. The summed E-state index contributed by atoms with van der Waals surface area (Å²) in [4.78, 5) is 11.5. The molecule has 0 amide bonds. The zero-order chi connectivity index (χ0) is 10.3. The van der Waals surface area contributed by atoms with Crippen molar-refractivity contribution >= 4 is 17.1 Å². The molecule has 0 aliphatic rings. The Labute approximate surface area is 82.0 Å². The molecule has 2 heterocycles. The van der Waals surface area contributed by atoms with Crippen molar-refractivity contribution in [1.82, 2.24) is 0 Å².